The third kappa shape index (κ3) is 3.94. The van der Waals surface area contributed by atoms with E-state index in [2.05, 4.69) is 10.1 Å². The quantitative estimate of drug-likeness (QED) is 0.801. The largest absolute Gasteiger partial charge is 0.484 e. The second-order valence-electron chi connectivity index (χ2n) is 6.92. The maximum atomic E-state index is 12.4. The summed E-state index contributed by atoms with van der Waals surface area (Å²) in [6, 6.07) is 7.66. The Labute approximate surface area is 157 Å². The van der Waals surface area contributed by atoms with E-state index in [0.29, 0.717) is 31.3 Å². The minimum Gasteiger partial charge on any atom is -0.484 e. The number of benzene rings is 1. The highest BCUT2D eigenvalue weighted by molar-refractivity contribution is 5.95. The number of piperidine rings is 1. The summed E-state index contributed by atoms with van der Waals surface area (Å²) in [6.07, 6.45) is 6.52. The molecule has 0 N–H and O–H groups in total. The van der Waals surface area contributed by atoms with Gasteiger partial charge in [0.1, 0.15) is 18.4 Å². The van der Waals surface area contributed by atoms with Crippen molar-refractivity contribution in [3.63, 3.8) is 0 Å². The van der Waals surface area contributed by atoms with Crippen molar-refractivity contribution < 1.29 is 14.3 Å². The molecule has 0 saturated carbocycles. The van der Waals surface area contributed by atoms with Crippen LogP contribution in [-0.4, -0.2) is 57.7 Å². The van der Waals surface area contributed by atoms with Crippen LogP contribution < -0.4 is 9.64 Å². The average Bonchev–Trinajstić information content (AvgIpc) is 3.39. The molecule has 2 amide bonds. The molecule has 2 saturated heterocycles. The fourth-order valence-corrected chi connectivity index (χ4v) is 3.67. The Bertz CT molecular complexity index is 782. The zero-order chi connectivity index (χ0) is 18.6. The molecule has 0 radical (unpaired) electrons. The molecule has 0 aliphatic carbocycles. The molecule has 2 aliphatic heterocycles. The van der Waals surface area contributed by atoms with Crippen LogP contribution in [0, 0.1) is 0 Å². The van der Waals surface area contributed by atoms with Crippen molar-refractivity contribution in [1.29, 1.82) is 0 Å². The van der Waals surface area contributed by atoms with Gasteiger partial charge < -0.3 is 14.5 Å². The first-order valence-corrected chi connectivity index (χ1v) is 9.36. The average molecular weight is 369 g/mol. The standard InChI is InChI=1S/C19H23N5O3/c25-18-2-1-9-23(18)15-3-5-17(6-4-15)27-12-19(26)22-10-7-16(8-11-22)24-14-20-13-21-24/h3-6,13-14,16H,1-2,7-12H2. The van der Waals surface area contributed by atoms with Gasteiger partial charge in [-0.1, -0.05) is 0 Å². The lowest BCUT2D eigenvalue weighted by Gasteiger charge is -2.31. The number of ether oxygens (including phenoxy) is 1. The number of anilines is 1. The van der Waals surface area contributed by atoms with Crippen LogP contribution in [0.3, 0.4) is 0 Å². The van der Waals surface area contributed by atoms with Gasteiger partial charge in [-0.05, 0) is 43.5 Å². The first kappa shape index (κ1) is 17.5. The Morgan fingerprint density at radius 3 is 2.56 bits per heavy atom. The summed E-state index contributed by atoms with van der Waals surface area (Å²) in [4.78, 5) is 31.8. The Hall–Kier alpha value is -2.90. The van der Waals surface area contributed by atoms with Gasteiger partial charge in [-0.25, -0.2) is 9.67 Å². The number of carbonyl (C=O) groups excluding carboxylic acids is 2. The number of likely N-dealkylation sites (tertiary alicyclic amines) is 1. The molecule has 2 aliphatic rings. The predicted molar refractivity (Wildman–Crippen MR) is 98.4 cm³/mol. The molecule has 0 atom stereocenters. The smallest absolute Gasteiger partial charge is 0.260 e. The molecule has 142 valence electrons. The second kappa shape index (κ2) is 7.77. The molecule has 8 heteroatoms. The topological polar surface area (TPSA) is 80.6 Å². The van der Waals surface area contributed by atoms with Gasteiger partial charge in [0.2, 0.25) is 5.91 Å². The van der Waals surface area contributed by atoms with E-state index >= 15 is 0 Å². The fourth-order valence-electron chi connectivity index (χ4n) is 3.67. The molecule has 2 aromatic rings. The maximum absolute atomic E-state index is 12.4. The van der Waals surface area contributed by atoms with Crippen molar-refractivity contribution in [3.05, 3.63) is 36.9 Å². The SMILES string of the molecule is O=C(COc1ccc(N2CCCC2=O)cc1)N1CCC(n2cncn2)CC1. The van der Waals surface area contributed by atoms with E-state index in [0.717, 1.165) is 31.5 Å². The van der Waals surface area contributed by atoms with E-state index in [-0.39, 0.29) is 18.4 Å². The van der Waals surface area contributed by atoms with Gasteiger partial charge in [0, 0.05) is 31.7 Å². The van der Waals surface area contributed by atoms with Gasteiger partial charge in [0.25, 0.3) is 5.91 Å². The highest BCUT2D eigenvalue weighted by Crippen LogP contribution is 2.24. The lowest BCUT2D eigenvalue weighted by atomic mass is 10.1. The van der Waals surface area contributed by atoms with Crippen LogP contribution in [0.15, 0.2) is 36.9 Å². The van der Waals surface area contributed by atoms with Crippen LogP contribution in [0.4, 0.5) is 5.69 Å². The molecule has 1 aromatic heterocycles. The van der Waals surface area contributed by atoms with Crippen molar-refractivity contribution in [2.24, 2.45) is 0 Å². The maximum Gasteiger partial charge on any atom is 0.260 e. The summed E-state index contributed by atoms with van der Waals surface area (Å²) in [5, 5.41) is 4.18. The Kier molecular flexibility index (Phi) is 5.04. The number of hydrogen-bond acceptors (Lipinski definition) is 5. The number of amides is 2. The van der Waals surface area contributed by atoms with Crippen LogP contribution >= 0.6 is 0 Å². The summed E-state index contributed by atoms with van der Waals surface area (Å²) in [6.45, 7) is 2.18. The number of rotatable bonds is 5. The van der Waals surface area contributed by atoms with E-state index in [1.54, 1.807) is 11.2 Å². The zero-order valence-corrected chi connectivity index (χ0v) is 15.2. The first-order valence-electron chi connectivity index (χ1n) is 9.36. The van der Waals surface area contributed by atoms with Crippen molar-refractivity contribution in [2.75, 3.05) is 31.1 Å². The van der Waals surface area contributed by atoms with E-state index in [4.69, 9.17) is 4.74 Å². The molecule has 0 spiro atoms. The van der Waals surface area contributed by atoms with Crippen molar-refractivity contribution in [1.82, 2.24) is 19.7 Å². The molecule has 1 aromatic carbocycles. The molecule has 8 nitrogen and oxygen atoms in total. The van der Waals surface area contributed by atoms with Crippen molar-refractivity contribution >= 4 is 17.5 Å². The normalized spacial score (nSPS) is 18.1. The summed E-state index contributed by atoms with van der Waals surface area (Å²) < 4.78 is 7.51. The molecule has 4 rings (SSSR count). The third-order valence-corrected chi connectivity index (χ3v) is 5.21. The van der Waals surface area contributed by atoms with Crippen LogP contribution in [0.5, 0.6) is 5.75 Å². The Morgan fingerprint density at radius 1 is 1.15 bits per heavy atom. The highest BCUT2D eigenvalue weighted by atomic mass is 16.5. The molecule has 2 fully saturated rings. The van der Waals surface area contributed by atoms with E-state index in [1.807, 2.05) is 33.8 Å². The summed E-state index contributed by atoms with van der Waals surface area (Å²) >= 11 is 0. The van der Waals surface area contributed by atoms with Gasteiger partial charge >= 0.3 is 0 Å². The van der Waals surface area contributed by atoms with Gasteiger partial charge in [0.05, 0.1) is 6.04 Å². The second-order valence-corrected chi connectivity index (χ2v) is 6.92. The summed E-state index contributed by atoms with van der Waals surface area (Å²) in [7, 11) is 0. The van der Waals surface area contributed by atoms with Crippen LogP contribution in [0.25, 0.3) is 0 Å². The van der Waals surface area contributed by atoms with Gasteiger partial charge in [-0.3, -0.25) is 9.59 Å². The van der Waals surface area contributed by atoms with Crippen LogP contribution in [0.2, 0.25) is 0 Å². The first-order chi connectivity index (χ1) is 13.2. The molecular formula is C19H23N5O3. The lowest BCUT2D eigenvalue weighted by Crippen LogP contribution is -2.41. The number of nitrogens with zero attached hydrogens (tertiary/aromatic N) is 5. The molecule has 3 heterocycles. The number of hydrogen-bond donors (Lipinski definition) is 0. The molecular weight excluding hydrogens is 346 g/mol. The minimum absolute atomic E-state index is 0.00848. The van der Waals surface area contributed by atoms with Gasteiger partial charge in [-0.2, -0.15) is 5.10 Å². The number of aromatic nitrogens is 3. The molecule has 0 bridgehead atoms. The summed E-state index contributed by atoms with van der Waals surface area (Å²) in [5.74, 6) is 0.787. The highest BCUT2D eigenvalue weighted by Gasteiger charge is 2.24. The monoisotopic (exact) mass is 369 g/mol. The fraction of sp³-hybridized carbons (Fsp3) is 0.474. The van der Waals surface area contributed by atoms with Crippen LogP contribution in [0.1, 0.15) is 31.7 Å². The third-order valence-electron chi connectivity index (χ3n) is 5.21. The van der Waals surface area contributed by atoms with E-state index < -0.39 is 0 Å². The molecule has 0 unspecified atom stereocenters. The van der Waals surface area contributed by atoms with Crippen molar-refractivity contribution in [3.8, 4) is 5.75 Å². The zero-order valence-electron chi connectivity index (χ0n) is 15.2. The van der Waals surface area contributed by atoms with Gasteiger partial charge in [-0.15, -0.1) is 0 Å². The van der Waals surface area contributed by atoms with E-state index in [1.165, 1.54) is 6.33 Å². The Balaban J connectivity index is 1.25. The van der Waals surface area contributed by atoms with Crippen LogP contribution in [-0.2, 0) is 9.59 Å². The molecule has 27 heavy (non-hydrogen) atoms. The van der Waals surface area contributed by atoms with Gasteiger partial charge in [0.15, 0.2) is 6.61 Å². The van der Waals surface area contributed by atoms with Crippen molar-refractivity contribution in [2.45, 2.75) is 31.7 Å². The minimum atomic E-state index is -0.00848. The lowest BCUT2D eigenvalue weighted by molar-refractivity contribution is -0.134. The summed E-state index contributed by atoms with van der Waals surface area (Å²) in [5.41, 5.74) is 0.881. The van der Waals surface area contributed by atoms with E-state index in [9.17, 15) is 9.59 Å². The number of carbonyl (C=O) groups is 2. The Morgan fingerprint density at radius 2 is 1.93 bits per heavy atom. The predicted octanol–water partition coefficient (Wildman–Crippen LogP) is 1.65.